The monoisotopic (exact) mass is 441 g/mol. The van der Waals surface area contributed by atoms with Crippen molar-refractivity contribution in [1.82, 2.24) is 4.98 Å². The van der Waals surface area contributed by atoms with Gasteiger partial charge in [-0.15, -0.1) is 0 Å². The number of hydrogen-bond donors (Lipinski definition) is 0. The van der Waals surface area contributed by atoms with Crippen molar-refractivity contribution in [2.75, 3.05) is 9.80 Å². The first-order chi connectivity index (χ1) is 14.2. The van der Waals surface area contributed by atoms with Crippen molar-refractivity contribution >= 4 is 51.9 Å². The molecule has 2 heterocycles. The number of halogens is 2. The van der Waals surface area contributed by atoms with Gasteiger partial charge in [0.15, 0.2) is 10.9 Å². The van der Waals surface area contributed by atoms with Crippen LogP contribution in [0, 0.1) is 23.7 Å². The molecule has 1 amide bonds. The Morgan fingerprint density at radius 3 is 2.70 bits per heavy atom. The second-order valence-electron chi connectivity index (χ2n) is 7.18. The van der Waals surface area contributed by atoms with Gasteiger partial charge in [0.2, 0.25) is 5.69 Å². The van der Waals surface area contributed by atoms with Gasteiger partial charge < -0.3 is 4.90 Å². The molecule has 0 unspecified atom stereocenters. The number of aryl methyl sites for hydroxylation is 1. The number of thiocarbonyl (C=S) groups is 1. The van der Waals surface area contributed by atoms with E-state index >= 15 is 0 Å². The molecule has 6 nitrogen and oxygen atoms in total. The van der Waals surface area contributed by atoms with Gasteiger partial charge in [0, 0.05) is 12.1 Å². The smallest absolute Gasteiger partial charge is 0.259 e. The van der Waals surface area contributed by atoms with Gasteiger partial charge in [-0.1, -0.05) is 17.7 Å². The fourth-order valence-corrected chi connectivity index (χ4v) is 3.99. The van der Waals surface area contributed by atoms with Crippen LogP contribution in [0.15, 0.2) is 30.5 Å². The van der Waals surface area contributed by atoms with Crippen molar-refractivity contribution in [2.24, 2.45) is 0 Å². The third-order valence-electron chi connectivity index (χ3n) is 4.86. The second-order valence-corrected chi connectivity index (χ2v) is 7.92. The summed E-state index contributed by atoms with van der Waals surface area (Å²) in [7, 11) is 0. The Morgan fingerprint density at radius 1 is 1.37 bits per heavy atom. The lowest BCUT2D eigenvalue weighted by Crippen LogP contribution is -2.44. The Balaban J connectivity index is 1.97. The van der Waals surface area contributed by atoms with Crippen LogP contribution in [0.4, 0.5) is 21.5 Å². The van der Waals surface area contributed by atoms with Crippen LogP contribution in [0.3, 0.4) is 0 Å². The van der Waals surface area contributed by atoms with Crippen molar-refractivity contribution in [3.05, 3.63) is 58.4 Å². The van der Waals surface area contributed by atoms with Crippen molar-refractivity contribution < 1.29 is 9.18 Å². The molecule has 1 aliphatic heterocycles. The zero-order valence-corrected chi connectivity index (χ0v) is 17.9. The Bertz CT molecular complexity index is 1100. The molecule has 1 aromatic heterocycles. The SMILES string of the molecule is [C-]#[N+]c1ccc(N2C(=O)C(C)(C)N(c3ccc(CCCC#N)nc3)C2=S)c(F)c1Cl. The van der Waals surface area contributed by atoms with Gasteiger partial charge in [0.25, 0.3) is 5.91 Å². The molecule has 0 saturated carbocycles. The standard InChI is InChI=1S/C21H17ClFN5OS/c1-21(2)19(29)27(16-10-9-15(25-3)17(22)18(16)23)20(30)28(21)14-8-7-13(26-12-14)6-4-5-11-24/h7-10,12H,4-6H2,1-2H3. The Labute approximate surface area is 184 Å². The van der Waals surface area contributed by atoms with E-state index in [1.165, 1.54) is 12.1 Å². The molecule has 2 aromatic rings. The highest BCUT2D eigenvalue weighted by atomic mass is 35.5. The number of nitriles is 1. The molecule has 0 aliphatic carbocycles. The maximum Gasteiger partial charge on any atom is 0.259 e. The van der Waals surface area contributed by atoms with E-state index in [1.54, 1.807) is 31.0 Å². The van der Waals surface area contributed by atoms with E-state index < -0.39 is 17.3 Å². The Kier molecular flexibility index (Phi) is 6.02. The van der Waals surface area contributed by atoms with Crippen molar-refractivity contribution in [3.8, 4) is 6.07 Å². The van der Waals surface area contributed by atoms with Crippen LogP contribution < -0.4 is 9.80 Å². The number of benzene rings is 1. The number of aromatic nitrogens is 1. The van der Waals surface area contributed by atoms with Crippen LogP contribution in [0.5, 0.6) is 0 Å². The number of pyridine rings is 1. The minimum absolute atomic E-state index is 0.0391. The fraction of sp³-hybridized carbons (Fsp3) is 0.286. The Hall–Kier alpha value is -3.07. The number of carbonyl (C=O) groups excluding carboxylic acids is 1. The highest BCUT2D eigenvalue weighted by Crippen LogP contribution is 2.40. The minimum atomic E-state index is -1.08. The summed E-state index contributed by atoms with van der Waals surface area (Å²) in [6.07, 6.45) is 3.45. The number of hydrogen-bond acceptors (Lipinski definition) is 4. The van der Waals surface area contributed by atoms with E-state index in [0.717, 1.165) is 10.6 Å². The molecule has 0 spiro atoms. The highest BCUT2D eigenvalue weighted by Gasteiger charge is 2.51. The molecule has 1 aromatic carbocycles. The predicted molar refractivity (Wildman–Crippen MR) is 117 cm³/mol. The van der Waals surface area contributed by atoms with Gasteiger partial charge in [0.1, 0.15) is 5.54 Å². The highest BCUT2D eigenvalue weighted by molar-refractivity contribution is 7.81. The maximum absolute atomic E-state index is 14.8. The summed E-state index contributed by atoms with van der Waals surface area (Å²) in [6, 6.07) is 8.40. The Morgan fingerprint density at radius 2 is 2.10 bits per heavy atom. The van der Waals surface area contributed by atoms with Crippen LogP contribution in [0.2, 0.25) is 5.02 Å². The fourth-order valence-electron chi connectivity index (χ4n) is 3.27. The summed E-state index contributed by atoms with van der Waals surface area (Å²) in [4.78, 5) is 23.4. The van der Waals surface area contributed by atoms with E-state index in [-0.39, 0.29) is 21.5 Å². The molecule has 0 radical (unpaired) electrons. The molecule has 30 heavy (non-hydrogen) atoms. The summed E-state index contributed by atoms with van der Waals surface area (Å²) in [5.41, 5.74) is 0.196. The molecule has 0 N–H and O–H groups in total. The number of nitrogens with zero attached hydrogens (tertiary/aromatic N) is 5. The topological polar surface area (TPSA) is 64.6 Å². The van der Waals surface area contributed by atoms with Crippen LogP contribution in [-0.2, 0) is 11.2 Å². The average Bonchev–Trinajstić information content (AvgIpc) is 2.89. The molecule has 0 atom stereocenters. The van der Waals surface area contributed by atoms with Crippen LogP contribution in [-0.4, -0.2) is 21.5 Å². The zero-order valence-electron chi connectivity index (χ0n) is 16.3. The zero-order chi connectivity index (χ0) is 22.1. The molecular weight excluding hydrogens is 425 g/mol. The van der Waals surface area contributed by atoms with Crippen molar-refractivity contribution in [2.45, 2.75) is 38.6 Å². The normalized spacial score (nSPS) is 15.3. The van der Waals surface area contributed by atoms with Crippen molar-refractivity contribution in [1.29, 1.82) is 5.26 Å². The summed E-state index contributed by atoms with van der Waals surface area (Å²) in [5, 5.41) is 8.39. The predicted octanol–water partition coefficient (Wildman–Crippen LogP) is 5.19. The molecular formula is C21H17ClFN5OS. The summed E-state index contributed by atoms with van der Waals surface area (Å²) >= 11 is 11.5. The molecule has 1 fully saturated rings. The van der Waals surface area contributed by atoms with Crippen LogP contribution in [0.25, 0.3) is 4.85 Å². The van der Waals surface area contributed by atoms with E-state index in [4.69, 9.17) is 35.7 Å². The maximum atomic E-state index is 14.8. The van der Waals surface area contributed by atoms with Gasteiger partial charge in [0.05, 0.1) is 35.2 Å². The number of unbranched alkanes of at least 4 members (excludes halogenated alkanes) is 1. The number of amides is 1. The first kappa shape index (κ1) is 21.6. The van der Waals surface area contributed by atoms with Gasteiger partial charge in [-0.2, -0.15) is 5.26 Å². The molecule has 152 valence electrons. The van der Waals surface area contributed by atoms with Gasteiger partial charge >= 0.3 is 0 Å². The van der Waals surface area contributed by atoms with E-state index in [1.807, 2.05) is 6.07 Å². The largest absolute Gasteiger partial charge is 0.302 e. The molecule has 1 aliphatic rings. The number of carbonyl (C=O) groups is 1. The second kappa shape index (κ2) is 8.35. The summed E-state index contributed by atoms with van der Waals surface area (Å²) in [5.74, 6) is -1.29. The third kappa shape index (κ3) is 3.60. The molecule has 0 bridgehead atoms. The van der Waals surface area contributed by atoms with Gasteiger partial charge in [-0.05, 0) is 57.1 Å². The van der Waals surface area contributed by atoms with Gasteiger partial charge in [-0.25, -0.2) is 9.24 Å². The van der Waals surface area contributed by atoms with Crippen LogP contribution >= 0.6 is 23.8 Å². The quantitative estimate of drug-likeness (QED) is 0.363. The van der Waals surface area contributed by atoms with Crippen molar-refractivity contribution in [3.63, 3.8) is 0 Å². The van der Waals surface area contributed by atoms with E-state index in [0.29, 0.717) is 24.9 Å². The van der Waals surface area contributed by atoms with Gasteiger partial charge in [-0.3, -0.25) is 14.7 Å². The molecule has 1 saturated heterocycles. The molecule has 9 heteroatoms. The summed E-state index contributed by atoms with van der Waals surface area (Å²) in [6.45, 7) is 10.4. The lowest BCUT2D eigenvalue weighted by Gasteiger charge is -2.29. The first-order valence-electron chi connectivity index (χ1n) is 9.10. The summed E-state index contributed by atoms with van der Waals surface area (Å²) < 4.78 is 14.8. The number of rotatable bonds is 5. The lowest BCUT2D eigenvalue weighted by molar-refractivity contribution is -0.120. The van der Waals surface area contributed by atoms with E-state index in [2.05, 4.69) is 15.9 Å². The lowest BCUT2D eigenvalue weighted by atomic mass is 10.0. The van der Waals surface area contributed by atoms with E-state index in [9.17, 15) is 9.18 Å². The minimum Gasteiger partial charge on any atom is -0.302 e. The molecule has 3 rings (SSSR count). The van der Waals surface area contributed by atoms with Crippen LogP contribution in [0.1, 0.15) is 32.4 Å². The average molecular weight is 442 g/mol. The third-order valence-corrected chi connectivity index (χ3v) is 5.58. The first-order valence-corrected chi connectivity index (χ1v) is 9.88. The number of anilines is 2.